The van der Waals surface area contributed by atoms with Gasteiger partial charge < -0.3 is 15.2 Å². The summed E-state index contributed by atoms with van der Waals surface area (Å²) in [6, 6.07) is 1.88. The predicted molar refractivity (Wildman–Crippen MR) is 75.1 cm³/mol. The number of nitrogens with two attached hydrogens (primary N) is 1. The third-order valence-electron chi connectivity index (χ3n) is 5.32. The van der Waals surface area contributed by atoms with Gasteiger partial charge in [0, 0.05) is 44.3 Å². The van der Waals surface area contributed by atoms with Gasteiger partial charge in [-0.05, 0) is 32.6 Å². The monoisotopic (exact) mass is 268 g/mol. The maximum Gasteiger partial charge on any atom is 0.0951 e. The van der Waals surface area contributed by atoms with Crippen LogP contribution in [0.15, 0.2) is 0 Å². The molecule has 3 aliphatic rings. The molecule has 3 saturated heterocycles. The first-order valence-electron chi connectivity index (χ1n) is 7.93. The van der Waals surface area contributed by atoms with E-state index in [0.717, 1.165) is 45.6 Å². The molecule has 3 heterocycles. The van der Waals surface area contributed by atoms with E-state index in [0.29, 0.717) is 18.1 Å². The average Bonchev–Trinajstić information content (AvgIpc) is 2.86. The van der Waals surface area contributed by atoms with Crippen LogP contribution < -0.4 is 5.73 Å². The van der Waals surface area contributed by atoms with E-state index in [1.165, 1.54) is 19.3 Å². The molecular weight excluding hydrogens is 240 g/mol. The summed E-state index contributed by atoms with van der Waals surface area (Å²) in [5.41, 5.74) is 6.02. The van der Waals surface area contributed by atoms with Gasteiger partial charge in [-0.1, -0.05) is 6.42 Å². The summed E-state index contributed by atoms with van der Waals surface area (Å²) in [6.45, 7) is 5.70. The molecule has 1 spiro atoms. The van der Waals surface area contributed by atoms with Crippen LogP contribution in [0.4, 0.5) is 0 Å². The summed E-state index contributed by atoms with van der Waals surface area (Å²) in [5.74, 6) is 0. The summed E-state index contributed by atoms with van der Waals surface area (Å²) >= 11 is 0. The van der Waals surface area contributed by atoms with Crippen LogP contribution in [-0.2, 0) is 9.47 Å². The smallest absolute Gasteiger partial charge is 0.0951 e. The minimum Gasteiger partial charge on any atom is -0.378 e. The highest BCUT2D eigenvalue weighted by Crippen LogP contribution is 2.37. The molecule has 4 heteroatoms. The van der Waals surface area contributed by atoms with Gasteiger partial charge in [0.1, 0.15) is 0 Å². The van der Waals surface area contributed by atoms with Crippen LogP contribution in [0.5, 0.6) is 0 Å². The predicted octanol–water partition coefficient (Wildman–Crippen LogP) is 1.53. The maximum absolute atomic E-state index is 6.07. The third kappa shape index (κ3) is 2.68. The van der Waals surface area contributed by atoms with Gasteiger partial charge in [0.15, 0.2) is 0 Å². The van der Waals surface area contributed by atoms with Crippen molar-refractivity contribution >= 4 is 0 Å². The Balaban J connectivity index is 1.72. The zero-order chi connectivity index (χ0) is 13.3. The van der Waals surface area contributed by atoms with E-state index in [1.807, 2.05) is 0 Å². The van der Waals surface area contributed by atoms with E-state index in [2.05, 4.69) is 11.8 Å². The van der Waals surface area contributed by atoms with Crippen molar-refractivity contribution < 1.29 is 9.47 Å². The molecule has 0 saturated carbocycles. The second kappa shape index (κ2) is 5.68. The molecule has 0 amide bonds. The highest BCUT2D eigenvalue weighted by molar-refractivity contribution is 4.97. The van der Waals surface area contributed by atoms with Gasteiger partial charge in [0.2, 0.25) is 0 Å². The normalized spacial score (nSPS) is 44.8. The van der Waals surface area contributed by atoms with Crippen molar-refractivity contribution in [2.24, 2.45) is 5.73 Å². The Morgan fingerprint density at radius 3 is 2.89 bits per heavy atom. The molecule has 0 radical (unpaired) electrons. The lowest BCUT2D eigenvalue weighted by molar-refractivity contribution is -0.119. The molecule has 3 rings (SSSR count). The van der Waals surface area contributed by atoms with E-state index in [9.17, 15) is 0 Å². The molecule has 3 aliphatic heterocycles. The first-order chi connectivity index (χ1) is 9.24. The van der Waals surface area contributed by atoms with Gasteiger partial charge in [-0.3, -0.25) is 4.90 Å². The Bertz CT molecular complexity index is 305. The Labute approximate surface area is 116 Å². The highest BCUT2D eigenvalue weighted by Gasteiger charge is 2.44. The largest absolute Gasteiger partial charge is 0.378 e. The number of hydrogen-bond acceptors (Lipinski definition) is 4. The van der Waals surface area contributed by atoms with Gasteiger partial charge >= 0.3 is 0 Å². The van der Waals surface area contributed by atoms with Crippen molar-refractivity contribution in [2.45, 2.75) is 69.2 Å². The Kier molecular flexibility index (Phi) is 4.13. The lowest BCUT2D eigenvalue weighted by atomic mass is 9.85. The van der Waals surface area contributed by atoms with Crippen LogP contribution in [0.3, 0.4) is 0 Å². The molecule has 4 unspecified atom stereocenters. The van der Waals surface area contributed by atoms with Gasteiger partial charge in [0.25, 0.3) is 0 Å². The number of rotatable bonds is 2. The van der Waals surface area contributed by atoms with E-state index < -0.39 is 0 Å². The molecule has 2 N–H and O–H groups in total. The van der Waals surface area contributed by atoms with Crippen LogP contribution in [0.1, 0.15) is 45.4 Å². The van der Waals surface area contributed by atoms with Gasteiger partial charge in [-0.2, -0.15) is 0 Å². The number of likely N-dealkylation sites (tertiary alicyclic amines) is 1. The van der Waals surface area contributed by atoms with Crippen LogP contribution in [0, 0.1) is 0 Å². The van der Waals surface area contributed by atoms with Crippen molar-refractivity contribution in [3.63, 3.8) is 0 Å². The highest BCUT2D eigenvalue weighted by atomic mass is 16.6. The fraction of sp³-hybridized carbons (Fsp3) is 1.00. The van der Waals surface area contributed by atoms with Gasteiger partial charge in [-0.15, -0.1) is 0 Å². The molecule has 3 fully saturated rings. The molecule has 0 aromatic rings. The van der Waals surface area contributed by atoms with Gasteiger partial charge in [-0.25, -0.2) is 0 Å². The van der Waals surface area contributed by atoms with Crippen molar-refractivity contribution in [1.82, 2.24) is 4.90 Å². The number of piperidine rings is 1. The zero-order valence-electron chi connectivity index (χ0n) is 12.1. The zero-order valence-corrected chi connectivity index (χ0v) is 12.1. The summed E-state index contributed by atoms with van der Waals surface area (Å²) in [4.78, 5) is 2.71. The minimum absolute atomic E-state index is 0.0131. The Morgan fingerprint density at radius 2 is 2.16 bits per heavy atom. The minimum atomic E-state index is 0.0131. The van der Waals surface area contributed by atoms with E-state index >= 15 is 0 Å². The Hall–Kier alpha value is -0.160. The first kappa shape index (κ1) is 13.8. The van der Waals surface area contributed by atoms with Crippen LogP contribution in [0.2, 0.25) is 0 Å². The Morgan fingerprint density at radius 1 is 1.26 bits per heavy atom. The quantitative estimate of drug-likeness (QED) is 0.825. The van der Waals surface area contributed by atoms with Crippen molar-refractivity contribution in [2.75, 3.05) is 26.4 Å². The van der Waals surface area contributed by atoms with Crippen molar-refractivity contribution in [3.8, 4) is 0 Å². The maximum atomic E-state index is 6.07. The molecule has 0 aromatic heterocycles. The molecule has 110 valence electrons. The average molecular weight is 268 g/mol. The second-order valence-corrected chi connectivity index (χ2v) is 6.60. The SMILES string of the molecule is CC1CCCC(CN)N1C1CCOC2(CCOC2)C1. The first-order valence-corrected chi connectivity index (χ1v) is 7.93. The van der Waals surface area contributed by atoms with E-state index in [1.54, 1.807) is 0 Å². The lowest BCUT2D eigenvalue weighted by Gasteiger charge is -2.49. The second-order valence-electron chi connectivity index (χ2n) is 6.60. The van der Waals surface area contributed by atoms with E-state index in [4.69, 9.17) is 15.2 Å². The molecule has 19 heavy (non-hydrogen) atoms. The van der Waals surface area contributed by atoms with Crippen molar-refractivity contribution in [1.29, 1.82) is 0 Å². The fourth-order valence-electron chi connectivity index (χ4n) is 4.32. The van der Waals surface area contributed by atoms with E-state index in [-0.39, 0.29) is 5.60 Å². The summed E-state index contributed by atoms with van der Waals surface area (Å²) in [6.07, 6.45) is 7.27. The topological polar surface area (TPSA) is 47.7 Å². The molecule has 0 bridgehead atoms. The molecule has 4 atom stereocenters. The van der Waals surface area contributed by atoms with Crippen LogP contribution in [-0.4, -0.2) is 55.0 Å². The molecular formula is C15H28N2O2. The van der Waals surface area contributed by atoms with Crippen molar-refractivity contribution in [3.05, 3.63) is 0 Å². The lowest BCUT2D eigenvalue weighted by Crippen LogP contribution is -2.58. The van der Waals surface area contributed by atoms with Crippen LogP contribution in [0.25, 0.3) is 0 Å². The molecule has 0 aliphatic carbocycles. The molecule has 4 nitrogen and oxygen atoms in total. The summed E-state index contributed by atoms with van der Waals surface area (Å²) in [7, 11) is 0. The van der Waals surface area contributed by atoms with Gasteiger partial charge in [0.05, 0.1) is 12.2 Å². The van der Waals surface area contributed by atoms with Crippen LogP contribution >= 0.6 is 0 Å². The number of ether oxygens (including phenoxy) is 2. The standard InChI is InChI=1S/C15H28N2O2/c1-12-3-2-4-14(10-16)17(12)13-5-7-19-15(9-13)6-8-18-11-15/h12-14H,2-11,16H2,1H3. The number of hydrogen-bond donors (Lipinski definition) is 1. The number of nitrogens with zero attached hydrogens (tertiary/aromatic N) is 1. The third-order valence-corrected chi connectivity index (χ3v) is 5.32. The summed E-state index contributed by atoms with van der Waals surface area (Å²) in [5, 5.41) is 0. The molecule has 0 aromatic carbocycles. The fourth-order valence-corrected chi connectivity index (χ4v) is 4.32. The summed E-state index contributed by atoms with van der Waals surface area (Å²) < 4.78 is 11.7.